The SMILES string of the molecule is O=P([O-])([O-])[O-].[Li+].[Li+].[Li+].[Ne]. The fourth-order valence-electron chi connectivity index (χ4n) is 0. The van der Waals surface area contributed by atoms with Crippen molar-refractivity contribution in [2.75, 3.05) is 0 Å². The topological polar surface area (TPSA) is 86.2 Å². The summed E-state index contributed by atoms with van der Waals surface area (Å²) < 4.78 is 8.55. The molecule has 4 nitrogen and oxygen atoms in total. The Morgan fingerprint density at radius 2 is 0.889 bits per heavy atom. The number of hydrogen-bond acceptors (Lipinski definition) is 4. The van der Waals surface area contributed by atoms with E-state index in [0.717, 1.165) is 0 Å². The number of phosphoric acid groups is 1. The van der Waals surface area contributed by atoms with Crippen LogP contribution in [0.4, 0.5) is 0 Å². The van der Waals surface area contributed by atoms with E-state index >= 15 is 0 Å². The van der Waals surface area contributed by atoms with Crippen molar-refractivity contribution in [3.8, 4) is 0 Å². The first kappa shape index (κ1) is 30.8. The van der Waals surface area contributed by atoms with E-state index in [0.29, 0.717) is 0 Å². The minimum Gasteiger partial charge on any atom is -0.822 e. The van der Waals surface area contributed by atoms with E-state index in [1.54, 1.807) is 0 Å². The minimum absolute atomic E-state index is 0. The molecule has 0 rings (SSSR count). The summed E-state index contributed by atoms with van der Waals surface area (Å²) in [6.07, 6.45) is 0. The summed E-state index contributed by atoms with van der Waals surface area (Å²) in [7, 11) is -5.39. The quantitative estimate of drug-likeness (QED) is 0.244. The van der Waals surface area contributed by atoms with E-state index in [-0.39, 0.29) is 62.7 Å². The largest absolute Gasteiger partial charge is 1.00 e. The fourth-order valence-corrected chi connectivity index (χ4v) is 0. The molecule has 0 aromatic rings. The van der Waals surface area contributed by atoms with Crippen molar-refractivity contribution >= 4 is 7.82 Å². The van der Waals surface area contributed by atoms with E-state index in [4.69, 9.17) is 19.2 Å². The maximum atomic E-state index is 8.55. The average Bonchev–Trinajstić information content (AvgIpc) is 0.722. The standard InChI is InChI=1S/3Li.Ne.H3O4P/c;;;;1-5(2,3)4/h;;;;(H3,1,2,3,4)/q3*+1;;/p-3. The zero-order valence-corrected chi connectivity index (χ0v) is 6.33. The van der Waals surface area contributed by atoms with E-state index in [2.05, 4.69) is 0 Å². The Labute approximate surface area is 89.3 Å². The van der Waals surface area contributed by atoms with Crippen LogP contribution in [0, 0.1) is 6.15 Å². The van der Waals surface area contributed by atoms with Crippen molar-refractivity contribution in [2.45, 2.75) is 0 Å². The third kappa shape index (κ3) is 182. The second-order valence-electron chi connectivity index (χ2n) is 0.447. The van der Waals surface area contributed by atoms with Crippen LogP contribution in [0.3, 0.4) is 0 Å². The smallest absolute Gasteiger partial charge is 0.822 e. The fraction of sp³-hybridized carbons (Fsp3) is 0. The Balaban J connectivity index is -0.0000000133. The molecule has 0 N–H and O–H groups in total. The van der Waals surface area contributed by atoms with Gasteiger partial charge in [0.05, 0.1) is 0 Å². The molecular formula is Li3NeO4P. The third-order valence-electron chi connectivity index (χ3n) is 0. The molecule has 0 unspecified atom stereocenters. The normalized spacial score (nSPS) is 6.56. The van der Waals surface area contributed by atoms with Crippen molar-refractivity contribution in [1.29, 1.82) is 0 Å². The maximum Gasteiger partial charge on any atom is 1.00 e. The second-order valence-corrected chi connectivity index (χ2v) is 1.34. The molecule has 0 radical (unpaired) electrons. The van der Waals surface area contributed by atoms with Gasteiger partial charge in [0.2, 0.25) is 0 Å². The Hall–Kier alpha value is 1.81. The Kier molecular flexibility index (Phi) is 42.7. The molecule has 0 saturated carbocycles. The maximum absolute atomic E-state index is 8.55. The van der Waals surface area contributed by atoms with Crippen LogP contribution in [0.2, 0.25) is 0 Å². The molecule has 0 aliphatic carbocycles. The number of rotatable bonds is 0. The summed E-state index contributed by atoms with van der Waals surface area (Å²) in [5.74, 6) is 0. The van der Waals surface area contributed by atoms with Gasteiger partial charge in [-0.05, 0) is 0 Å². The molecule has 0 bridgehead atoms. The molecule has 0 saturated heterocycles. The van der Waals surface area contributed by atoms with Gasteiger partial charge in [0.1, 0.15) is 0 Å². The Bertz CT molecular complexity index is 61.9. The monoisotopic (exact) mass is 136 g/mol. The third-order valence-corrected chi connectivity index (χ3v) is 0. The molecule has 40 valence electrons. The van der Waals surface area contributed by atoms with E-state index in [1.165, 1.54) is 0 Å². The van der Waals surface area contributed by atoms with Gasteiger partial charge in [0.25, 0.3) is 0 Å². The van der Waals surface area contributed by atoms with Gasteiger partial charge in [-0.2, -0.15) is 7.82 Å². The Morgan fingerprint density at radius 3 is 0.889 bits per heavy atom. The summed E-state index contributed by atoms with van der Waals surface area (Å²) in [5, 5.41) is 0. The first-order valence-electron chi connectivity index (χ1n) is 0.730. The number of hydrogen-bond donors (Lipinski definition) is 0. The van der Waals surface area contributed by atoms with Gasteiger partial charge in [-0.1, -0.05) is 0 Å². The first-order chi connectivity index (χ1) is 2.00. The van der Waals surface area contributed by atoms with Crippen LogP contribution in [0.15, 0.2) is 0 Å². The first-order valence-corrected chi connectivity index (χ1v) is 2.19. The minimum atomic E-state index is -5.39. The van der Waals surface area contributed by atoms with Gasteiger partial charge in [0.15, 0.2) is 0 Å². The van der Waals surface area contributed by atoms with Crippen LogP contribution < -0.4 is 71.3 Å². The van der Waals surface area contributed by atoms with Crippen LogP contribution in [-0.2, 0) is 4.57 Å². The molecule has 0 spiro atoms. The van der Waals surface area contributed by atoms with Crippen molar-refractivity contribution < 1.29 is 82.0 Å². The van der Waals surface area contributed by atoms with Crippen LogP contribution in [-0.4, -0.2) is 0 Å². The molecule has 0 heterocycles. The van der Waals surface area contributed by atoms with E-state index in [9.17, 15) is 0 Å². The van der Waals surface area contributed by atoms with Crippen LogP contribution in [0.5, 0.6) is 0 Å². The van der Waals surface area contributed by atoms with Gasteiger partial charge in [-0.3, -0.25) is 0 Å². The molecule has 0 fully saturated rings. The van der Waals surface area contributed by atoms with Crippen molar-refractivity contribution in [3.63, 3.8) is 0 Å². The molecule has 0 atom stereocenters. The zero-order chi connectivity index (χ0) is 4.50. The molecule has 0 aliphatic rings. The molecule has 9 heteroatoms. The summed E-state index contributed by atoms with van der Waals surface area (Å²) in [6.45, 7) is 0. The van der Waals surface area contributed by atoms with Gasteiger partial charge in [-0.15, -0.1) is 0 Å². The van der Waals surface area contributed by atoms with Gasteiger partial charge in [-0.25, -0.2) is 0 Å². The van der Waals surface area contributed by atoms with Gasteiger partial charge < -0.3 is 19.2 Å². The average molecular weight is 136 g/mol. The van der Waals surface area contributed by atoms with Crippen molar-refractivity contribution in [3.05, 3.63) is 0 Å². The predicted molar refractivity (Wildman–Crippen MR) is 7.61 cm³/mol. The van der Waals surface area contributed by atoms with Crippen LogP contribution in [0.25, 0.3) is 0 Å². The predicted octanol–water partition coefficient (Wildman–Crippen LogP) is -11.8. The summed E-state index contributed by atoms with van der Waals surface area (Å²) in [5.41, 5.74) is 0. The van der Waals surface area contributed by atoms with Crippen molar-refractivity contribution in [1.82, 2.24) is 0 Å². The molecule has 0 aromatic heterocycles. The zero-order valence-electron chi connectivity index (χ0n) is 5.43. The molecule has 9 heavy (non-hydrogen) atoms. The summed E-state index contributed by atoms with van der Waals surface area (Å²) in [4.78, 5) is 25.6. The van der Waals surface area contributed by atoms with Gasteiger partial charge in [0, 0.05) is 6.15 Å². The van der Waals surface area contributed by atoms with Crippen LogP contribution >= 0.6 is 7.82 Å². The summed E-state index contributed by atoms with van der Waals surface area (Å²) >= 11 is 0. The Morgan fingerprint density at radius 1 is 0.889 bits per heavy atom. The van der Waals surface area contributed by atoms with Crippen molar-refractivity contribution in [2.24, 2.45) is 0 Å². The molecule has 0 amide bonds. The molecule has 0 aromatic carbocycles. The van der Waals surface area contributed by atoms with E-state index in [1.807, 2.05) is 0 Å². The van der Waals surface area contributed by atoms with E-state index < -0.39 is 7.82 Å². The molecular weight excluding hydrogens is 136 g/mol. The van der Waals surface area contributed by atoms with Crippen LogP contribution in [0.1, 0.15) is 0 Å². The van der Waals surface area contributed by atoms with Gasteiger partial charge >= 0.3 is 56.6 Å². The second kappa shape index (κ2) is 12.5. The summed E-state index contributed by atoms with van der Waals surface area (Å²) in [6, 6.07) is 0. The molecule has 0 aliphatic heterocycles.